The second kappa shape index (κ2) is 7.58. The van der Waals surface area contributed by atoms with Crippen molar-refractivity contribution in [3.05, 3.63) is 12.2 Å². The van der Waals surface area contributed by atoms with Crippen molar-refractivity contribution >= 4 is 23.8 Å². The van der Waals surface area contributed by atoms with Crippen molar-refractivity contribution in [2.75, 3.05) is 0 Å². The molecule has 1 rings (SSSR count). The summed E-state index contributed by atoms with van der Waals surface area (Å²) in [6, 6.07) is -0.697. The van der Waals surface area contributed by atoms with Crippen molar-refractivity contribution < 1.29 is 33.4 Å². The van der Waals surface area contributed by atoms with Crippen LogP contribution in [0, 0.1) is 0 Å². The summed E-state index contributed by atoms with van der Waals surface area (Å²) < 4.78 is 15.4. The van der Waals surface area contributed by atoms with Crippen LogP contribution in [0.4, 0.5) is 0 Å². The number of esters is 3. The fourth-order valence-electron chi connectivity index (χ4n) is 2.16. The average molecular weight is 313 g/mol. The summed E-state index contributed by atoms with van der Waals surface area (Å²) in [5.74, 6) is -2.17. The number of hydrogen-bond acceptors (Lipinski definition) is 7. The van der Waals surface area contributed by atoms with E-state index in [2.05, 4.69) is 5.32 Å². The molecule has 0 aromatic rings. The van der Waals surface area contributed by atoms with Crippen molar-refractivity contribution in [3.8, 4) is 0 Å². The van der Waals surface area contributed by atoms with Crippen LogP contribution in [0.5, 0.6) is 0 Å². The Bertz CT molecular complexity index is 455. The predicted molar refractivity (Wildman–Crippen MR) is 73.4 cm³/mol. The molecule has 4 atom stereocenters. The SMILES string of the molecule is CC(=O)N[C@@H]1C=C[C@@H](OC(C)=O)[C@H](OC(C)=O)[C@H]1OC(C)=O. The molecular formula is C14H19NO7. The maximum Gasteiger partial charge on any atom is 0.303 e. The monoisotopic (exact) mass is 313 g/mol. The summed E-state index contributed by atoms with van der Waals surface area (Å²) in [4.78, 5) is 45.0. The van der Waals surface area contributed by atoms with Gasteiger partial charge in [0.25, 0.3) is 0 Å². The molecule has 0 spiro atoms. The van der Waals surface area contributed by atoms with Crippen LogP contribution < -0.4 is 5.32 Å². The van der Waals surface area contributed by atoms with Gasteiger partial charge >= 0.3 is 17.9 Å². The van der Waals surface area contributed by atoms with Gasteiger partial charge in [-0.2, -0.15) is 0 Å². The molecule has 0 aromatic carbocycles. The highest BCUT2D eigenvalue weighted by atomic mass is 16.6. The van der Waals surface area contributed by atoms with E-state index in [9.17, 15) is 19.2 Å². The fourth-order valence-corrected chi connectivity index (χ4v) is 2.16. The van der Waals surface area contributed by atoms with Crippen molar-refractivity contribution in [2.24, 2.45) is 0 Å². The highest BCUT2D eigenvalue weighted by Crippen LogP contribution is 2.23. The lowest BCUT2D eigenvalue weighted by Crippen LogP contribution is -2.56. The molecule has 8 heteroatoms. The molecule has 0 aliphatic heterocycles. The zero-order chi connectivity index (χ0) is 16.9. The van der Waals surface area contributed by atoms with Crippen LogP contribution in [0.2, 0.25) is 0 Å². The van der Waals surface area contributed by atoms with Crippen LogP contribution in [0.15, 0.2) is 12.2 Å². The van der Waals surface area contributed by atoms with E-state index in [0.29, 0.717) is 0 Å². The maximum absolute atomic E-state index is 11.3. The lowest BCUT2D eigenvalue weighted by Gasteiger charge is -2.37. The molecule has 0 unspecified atom stereocenters. The van der Waals surface area contributed by atoms with Gasteiger partial charge in [-0.25, -0.2) is 0 Å². The van der Waals surface area contributed by atoms with Crippen LogP contribution in [-0.2, 0) is 33.4 Å². The normalized spacial score (nSPS) is 26.7. The van der Waals surface area contributed by atoms with E-state index in [0.717, 1.165) is 0 Å². The lowest BCUT2D eigenvalue weighted by molar-refractivity contribution is -0.182. The van der Waals surface area contributed by atoms with Gasteiger partial charge < -0.3 is 19.5 Å². The summed E-state index contributed by atoms with van der Waals surface area (Å²) in [5, 5.41) is 2.58. The van der Waals surface area contributed by atoms with Gasteiger partial charge in [0.2, 0.25) is 5.91 Å². The number of carbonyl (C=O) groups is 4. The summed E-state index contributed by atoms with van der Waals surface area (Å²) in [6.07, 6.45) is 0.0562. The third-order valence-electron chi connectivity index (χ3n) is 2.79. The molecule has 22 heavy (non-hydrogen) atoms. The summed E-state index contributed by atoms with van der Waals surface area (Å²) >= 11 is 0. The number of amides is 1. The van der Waals surface area contributed by atoms with Gasteiger partial charge in [0.05, 0.1) is 6.04 Å². The van der Waals surface area contributed by atoms with Gasteiger partial charge in [0.1, 0.15) is 0 Å². The minimum absolute atomic E-state index is 0.348. The Kier molecular flexibility index (Phi) is 6.09. The molecule has 8 nitrogen and oxygen atoms in total. The minimum Gasteiger partial charge on any atom is -0.456 e. The number of ether oxygens (including phenoxy) is 3. The van der Waals surface area contributed by atoms with Crippen LogP contribution in [-0.4, -0.2) is 48.2 Å². The minimum atomic E-state index is -1.05. The average Bonchev–Trinajstić information content (AvgIpc) is 2.34. The van der Waals surface area contributed by atoms with Crippen molar-refractivity contribution in [3.63, 3.8) is 0 Å². The highest BCUT2D eigenvalue weighted by molar-refractivity contribution is 5.74. The largest absolute Gasteiger partial charge is 0.456 e. The van der Waals surface area contributed by atoms with Crippen LogP contribution in [0.25, 0.3) is 0 Å². The van der Waals surface area contributed by atoms with Crippen LogP contribution in [0.1, 0.15) is 27.7 Å². The number of nitrogens with one attached hydrogen (secondary N) is 1. The molecule has 0 saturated heterocycles. The first-order chi connectivity index (χ1) is 10.2. The van der Waals surface area contributed by atoms with Gasteiger partial charge in [-0.05, 0) is 6.08 Å². The zero-order valence-corrected chi connectivity index (χ0v) is 12.8. The molecule has 0 saturated carbocycles. The highest BCUT2D eigenvalue weighted by Gasteiger charge is 2.43. The quantitative estimate of drug-likeness (QED) is 0.437. The van der Waals surface area contributed by atoms with Gasteiger partial charge in [-0.15, -0.1) is 0 Å². The number of hydrogen-bond donors (Lipinski definition) is 1. The second-order valence-electron chi connectivity index (χ2n) is 4.83. The first kappa shape index (κ1) is 17.7. The van der Waals surface area contributed by atoms with Crippen LogP contribution in [0.3, 0.4) is 0 Å². The maximum atomic E-state index is 11.3. The smallest absolute Gasteiger partial charge is 0.303 e. The van der Waals surface area contributed by atoms with Gasteiger partial charge in [-0.3, -0.25) is 19.2 Å². The van der Waals surface area contributed by atoms with Gasteiger partial charge in [0, 0.05) is 27.7 Å². The van der Waals surface area contributed by atoms with E-state index >= 15 is 0 Å². The Balaban J connectivity index is 3.11. The molecule has 0 fully saturated rings. The van der Waals surface area contributed by atoms with E-state index in [1.807, 2.05) is 0 Å². The Morgan fingerprint density at radius 2 is 1.27 bits per heavy atom. The summed E-state index contributed by atoms with van der Waals surface area (Å²) in [5.41, 5.74) is 0. The summed E-state index contributed by atoms with van der Waals surface area (Å²) in [6.45, 7) is 4.88. The van der Waals surface area contributed by atoms with Crippen LogP contribution >= 0.6 is 0 Å². The van der Waals surface area contributed by atoms with Crippen molar-refractivity contribution in [1.29, 1.82) is 0 Å². The Morgan fingerprint density at radius 1 is 0.773 bits per heavy atom. The predicted octanol–water partition coefficient (Wildman–Crippen LogP) is -0.144. The molecule has 0 radical (unpaired) electrons. The first-order valence-electron chi connectivity index (χ1n) is 6.67. The second-order valence-corrected chi connectivity index (χ2v) is 4.83. The van der Waals surface area contributed by atoms with E-state index in [1.54, 1.807) is 0 Å². The van der Waals surface area contributed by atoms with E-state index in [1.165, 1.54) is 39.8 Å². The molecule has 0 heterocycles. The third-order valence-corrected chi connectivity index (χ3v) is 2.79. The molecule has 1 amide bonds. The molecule has 0 bridgehead atoms. The van der Waals surface area contributed by atoms with Gasteiger partial charge in [-0.1, -0.05) is 6.08 Å². The summed E-state index contributed by atoms with van der Waals surface area (Å²) in [7, 11) is 0. The third kappa shape index (κ3) is 5.19. The molecule has 1 N–H and O–H groups in total. The molecule has 0 aromatic heterocycles. The molecule has 122 valence electrons. The number of carbonyl (C=O) groups excluding carboxylic acids is 4. The molecule has 1 aliphatic carbocycles. The fraction of sp³-hybridized carbons (Fsp3) is 0.571. The molecule has 1 aliphatic rings. The topological polar surface area (TPSA) is 108 Å². The Hall–Kier alpha value is -2.38. The number of rotatable bonds is 4. The molecular weight excluding hydrogens is 294 g/mol. The lowest BCUT2D eigenvalue weighted by atomic mass is 9.93. The Labute approximate surface area is 127 Å². The Morgan fingerprint density at radius 3 is 1.73 bits per heavy atom. The van der Waals surface area contributed by atoms with Gasteiger partial charge in [0.15, 0.2) is 18.3 Å². The van der Waals surface area contributed by atoms with Crippen molar-refractivity contribution in [1.82, 2.24) is 5.32 Å². The standard InChI is InChI=1S/C14H19NO7/c1-7(16)15-11-5-6-12(20-8(2)17)14(22-10(4)19)13(11)21-9(3)18/h5-6,11-14H,1-4H3,(H,15,16)/t11-,12-,13+,14+/m1/s1. The zero-order valence-electron chi connectivity index (χ0n) is 12.8. The van der Waals surface area contributed by atoms with E-state index in [-0.39, 0.29) is 5.91 Å². The first-order valence-corrected chi connectivity index (χ1v) is 6.67. The van der Waals surface area contributed by atoms with Crippen molar-refractivity contribution in [2.45, 2.75) is 52.0 Å². The van der Waals surface area contributed by atoms with E-state index in [4.69, 9.17) is 14.2 Å². The van der Waals surface area contributed by atoms with E-state index < -0.39 is 42.3 Å².